The lowest BCUT2D eigenvalue weighted by Crippen LogP contribution is -2.17. The Morgan fingerprint density at radius 1 is 0.272 bits per heavy atom. The molecule has 0 aliphatic heterocycles. The summed E-state index contributed by atoms with van der Waals surface area (Å²) in [6.45, 7) is 27.4. The van der Waals surface area contributed by atoms with Crippen molar-refractivity contribution in [1.29, 1.82) is 5.26 Å². The van der Waals surface area contributed by atoms with Crippen LogP contribution in [0.15, 0.2) is 243 Å². The monoisotopic (exact) mass is 1190 g/mol. The van der Waals surface area contributed by atoms with Crippen molar-refractivity contribution in [2.45, 2.75) is 105 Å². The van der Waals surface area contributed by atoms with Gasteiger partial charge in [0.15, 0.2) is 17.5 Å². The molecule has 0 aliphatic carbocycles. The summed E-state index contributed by atoms with van der Waals surface area (Å²) in [5, 5.41) is 14.9. The normalized spacial score (nSPS) is 12.3. The van der Waals surface area contributed by atoms with E-state index in [0.29, 0.717) is 23.0 Å². The molecule has 450 valence electrons. The van der Waals surface area contributed by atoms with E-state index in [1.54, 1.807) is 0 Å². The van der Waals surface area contributed by atoms with E-state index in [-0.39, 0.29) is 21.7 Å². The molecule has 0 radical (unpaired) electrons. The number of aromatic nitrogens is 5. The molecule has 0 saturated heterocycles. The lowest BCUT2D eigenvalue weighted by atomic mass is 9.79. The third kappa shape index (κ3) is 11.0. The number of hydrogen-bond donors (Lipinski definition) is 0. The van der Waals surface area contributed by atoms with Crippen LogP contribution in [0.4, 0.5) is 0 Å². The summed E-state index contributed by atoms with van der Waals surface area (Å²) in [6, 6.07) is 90.5. The fourth-order valence-corrected chi connectivity index (χ4v) is 13.1. The molecule has 14 aromatic rings. The van der Waals surface area contributed by atoms with E-state index < -0.39 is 0 Å². The summed E-state index contributed by atoms with van der Waals surface area (Å²) >= 11 is 0. The minimum atomic E-state index is -0.148. The molecule has 0 bridgehead atoms. The second-order valence-corrected chi connectivity index (χ2v) is 29.0. The highest BCUT2D eigenvalue weighted by Gasteiger charge is 2.28. The highest BCUT2D eigenvalue weighted by molar-refractivity contribution is 6.13. The SMILES string of the molecule is CC(C)(C)c1cc(-c2nc(-c3cc(C(C)(C)C)cc(C(C)(C)C)c3)nc(-c3ccc(-n4c5ccccc5c5cc(-c6ccccc6)ccc54)c(-c4ccc(-c5cccc(C#N)c5)cc4-n4c5ccccc5c5cc(-c6ccccc6)ccc54)c3)n2)cc(C(C)(C)C)c1. The van der Waals surface area contributed by atoms with Gasteiger partial charge >= 0.3 is 0 Å². The topological polar surface area (TPSA) is 72.3 Å². The van der Waals surface area contributed by atoms with E-state index in [1.807, 2.05) is 18.2 Å². The molecule has 0 atom stereocenters. The van der Waals surface area contributed by atoms with Crippen molar-refractivity contribution in [3.63, 3.8) is 0 Å². The molecule has 14 rings (SSSR count). The molecule has 0 N–H and O–H groups in total. The summed E-state index contributed by atoms with van der Waals surface area (Å²) in [5.74, 6) is 1.81. The van der Waals surface area contributed by atoms with Crippen molar-refractivity contribution in [2.75, 3.05) is 0 Å². The molecule has 6 nitrogen and oxygen atoms in total. The maximum absolute atomic E-state index is 10.3. The van der Waals surface area contributed by atoms with Crippen molar-refractivity contribution < 1.29 is 0 Å². The lowest BCUT2D eigenvalue weighted by Gasteiger charge is -2.26. The van der Waals surface area contributed by atoms with Gasteiger partial charge in [-0.1, -0.05) is 229 Å². The number of para-hydroxylation sites is 2. The summed E-state index contributed by atoms with van der Waals surface area (Å²) in [7, 11) is 0. The first-order chi connectivity index (χ1) is 44.0. The Balaban J connectivity index is 1.10. The zero-order valence-corrected chi connectivity index (χ0v) is 54.8. The van der Waals surface area contributed by atoms with Crippen LogP contribution in [0.3, 0.4) is 0 Å². The van der Waals surface area contributed by atoms with Gasteiger partial charge in [0.2, 0.25) is 0 Å². The Labute approximate surface area is 541 Å². The molecule has 11 aromatic carbocycles. The van der Waals surface area contributed by atoms with Crippen LogP contribution in [0, 0.1) is 11.3 Å². The number of nitriles is 1. The summed E-state index contributed by atoms with van der Waals surface area (Å²) in [5.41, 5.74) is 22.5. The molecule has 0 amide bonds. The van der Waals surface area contributed by atoms with Gasteiger partial charge in [-0.15, -0.1) is 0 Å². The number of benzene rings is 11. The molecule has 3 aromatic heterocycles. The average Bonchev–Trinajstić information content (AvgIpc) is 1.55. The quantitative estimate of drug-likeness (QED) is 0.144. The van der Waals surface area contributed by atoms with Crippen LogP contribution in [0.25, 0.3) is 134 Å². The molecule has 0 aliphatic rings. The second-order valence-electron chi connectivity index (χ2n) is 29.0. The largest absolute Gasteiger partial charge is 0.309 e. The third-order valence-electron chi connectivity index (χ3n) is 18.4. The molecule has 0 fully saturated rings. The van der Waals surface area contributed by atoms with Crippen LogP contribution in [0.5, 0.6) is 0 Å². The van der Waals surface area contributed by atoms with Gasteiger partial charge in [0.1, 0.15) is 0 Å². The fourth-order valence-electron chi connectivity index (χ4n) is 13.1. The maximum Gasteiger partial charge on any atom is 0.164 e. The number of nitrogens with zero attached hydrogens (tertiary/aromatic N) is 6. The molecule has 3 heterocycles. The van der Waals surface area contributed by atoms with Gasteiger partial charge < -0.3 is 9.13 Å². The van der Waals surface area contributed by atoms with Crippen LogP contribution in [-0.2, 0) is 21.7 Å². The van der Waals surface area contributed by atoms with Crippen LogP contribution in [0.1, 0.15) is 111 Å². The average molecular weight is 1190 g/mol. The molecule has 6 heteroatoms. The molecule has 92 heavy (non-hydrogen) atoms. The Morgan fingerprint density at radius 2 is 0.652 bits per heavy atom. The van der Waals surface area contributed by atoms with Crippen LogP contribution in [-0.4, -0.2) is 24.1 Å². The Hall–Kier alpha value is -10.5. The predicted octanol–water partition coefficient (Wildman–Crippen LogP) is 22.8. The Kier molecular flexibility index (Phi) is 14.5. The van der Waals surface area contributed by atoms with Gasteiger partial charge in [-0.2, -0.15) is 5.26 Å². The summed E-state index contributed by atoms with van der Waals surface area (Å²) in [6.07, 6.45) is 0. The van der Waals surface area contributed by atoms with Crippen molar-refractivity contribution in [3.05, 3.63) is 270 Å². The minimum absolute atomic E-state index is 0.148. The van der Waals surface area contributed by atoms with Crippen LogP contribution in [0.2, 0.25) is 0 Å². The van der Waals surface area contributed by atoms with Gasteiger partial charge in [0.05, 0.1) is 45.1 Å². The summed E-state index contributed by atoms with van der Waals surface area (Å²) in [4.78, 5) is 16.9. The van der Waals surface area contributed by atoms with Gasteiger partial charge in [0, 0.05) is 49.4 Å². The van der Waals surface area contributed by atoms with E-state index in [4.69, 9.17) is 15.0 Å². The molecule has 0 saturated carbocycles. The number of fused-ring (bicyclic) bond motifs is 6. The lowest BCUT2D eigenvalue weighted by molar-refractivity contribution is 0.568. The first kappa shape index (κ1) is 59.2. The van der Waals surface area contributed by atoms with Crippen molar-refractivity contribution in [3.8, 4) is 96.1 Å². The third-order valence-corrected chi connectivity index (χ3v) is 18.4. The highest BCUT2D eigenvalue weighted by atomic mass is 15.0. The van der Waals surface area contributed by atoms with Crippen molar-refractivity contribution in [2.24, 2.45) is 0 Å². The molecular formula is C86H76N6. The van der Waals surface area contributed by atoms with E-state index in [0.717, 1.165) is 111 Å². The fraction of sp³-hybridized carbons (Fsp3) is 0.186. The highest BCUT2D eigenvalue weighted by Crippen LogP contribution is 2.46. The van der Waals surface area contributed by atoms with E-state index in [9.17, 15) is 5.26 Å². The summed E-state index contributed by atoms with van der Waals surface area (Å²) < 4.78 is 4.90. The molecular weight excluding hydrogens is 1120 g/mol. The van der Waals surface area contributed by atoms with Gasteiger partial charge in [-0.3, -0.25) is 0 Å². The zero-order chi connectivity index (χ0) is 64.0. The van der Waals surface area contributed by atoms with E-state index in [1.165, 1.54) is 27.8 Å². The molecule has 0 spiro atoms. The van der Waals surface area contributed by atoms with Crippen LogP contribution >= 0.6 is 0 Å². The number of rotatable bonds is 9. The predicted molar refractivity (Wildman–Crippen MR) is 386 cm³/mol. The van der Waals surface area contributed by atoms with Crippen LogP contribution < -0.4 is 0 Å². The minimum Gasteiger partial charge on any atom is -0.309 e. The maximum atomic E-state index is 10.3. The van der Waals surface area contributed by atoms with E-state index in [2.05, 4.69) is 323 Å². The van der Waals surface area contributed by atoms with Crippen molar-refractivity contribution >= 4 is 43.6 Å². The zero-order valence-electron chi connectivity index (χ0n) is 54.8. The first-order valence-corrected chi connectivity index (χ1v) is 32.1. The van der Waals surface area contributed by atoms with Gasteiger partial charge in [-0.25, -0.2) is 15.0 Å². The Morgan fingerprint density at radius 3 is 1.12 bits per heavy atom. The van der Waals surface area contributed by atoms with Gasteiger partial charge in [0.25, 0.3) is 0 Å². The smallest absolute Gasteiger partial charge is 0.164 e. The standard InChI is InChI=1S/C86H76N6/c1-83(2,3)64-43-62(44-65(51-64)84(4,5)6)81-88-80(89-82(90-81)63-45-66(85(7,8)9)52-67(46-63)86(10,11)12)61-37-41-77(91-74-32-21-19-30-68(74)71-47-58(35-39-76(71)91)55-25-15-13-16-26-55)73(49-61)70-38-34-60(57-29-23-24-54(42-57)53-87)50-79(70)92-75-33-22-20-31-69(75)72-48-59(36-40-78(72)92)56-27-17-14-18-28-56/h13-52H,1-12H3. The van der Waals surface area contributed by atoms with E-state index >= 15 is 0 Å². The second kappa shape index (κ2) is 22.5. The molecule has 0 unspecified atom stereocenters. The first-order valence-electron chi connectivity index (χ1n) is 32.1. The number of hydrogen-bond acceptors (Lipinski definition) is 4. The Bertz CT molecular complexity index is 5100. The van der Waals surface area contributed by atoms with Crippen molar-refractivity contribution in [1.82, 2.24) is 24.1 Å². The van der Waals surface area contributed by atoms with Gasteiger partial charge in [-0.05, 0) is 174 Å².